The summed E-state index contributed by atoms with van der Waals surface area (Å²) in [6, 6.07) is 1.15. The van der Waals surface area contributed by atoms with Crippen molar-refractivity contribution in [2.24, 2.45) is 0 Å². The first-order chi connectivity index (χ1) is 6.59. The zero-order valence-corrected chi connectivity index (χ0v) is 8.74. The summed E-state index contributed by atoms with van der Waals surface area (Å²) in [4.78, 5) is 11.4. The molecule has 0 spiro atoms. The van der Waals surface area contributed by atoms with Crippen molar-refractivity contribution in [2.75, 3.05) is 12.1 Å². The number of hydrogen-bond acceptors (Lipinski definition) is 5. The van der Waals surface area contributed by atoms with Gasteiger partial charge in [0.1, 0.15) is 6.26 Å². The van der Waals surface area contributed by atoms with E-state index in [1.165, 1.54) is 13.3 Å². The smallest absolute Gasteiger partial charge is 0.230 e. The lowest BCUT2D eigenvalue weighted by Gasteiger charge is -2.06. The highest BCUT2D eigenvalue weighted by molar-refractivity contribution is 9.10. The van der Waals surface area contributed by atoms with Gasteiger partial charge in [0.2, 0.25) is 16.9 Å². The van der Waals surface area contributed by atoms with Gasteiger partial charge in [-0.2, -0.15) is 0 Å². The van der Waals surface area contributed by atoms with Gasteiger partial charge in [-0.05, 0) is 15.9 Å². The molecule has 14 heavy (non-hydrogen) atoms. The van der Waals surface area contributed by atoms with Crippen molar-refractivity contribution in [3.8, 4) is 0 Å². The molecule has 0 aliphatic rings. The average molecular weight is 260 g/mol. The highest BCUT2D eigenvalue weighted by Crippen LogP contribution is 2.26. The van der Waals surface area contributed by atoms with Gasteiger partial charge in [-0.15, -0.1) is 0 Å². The minimum absolute atomic E-state index is 0.0598. The average Bonchev–Trinajstić information content (AvgIpc) is 2.48. The molecule has 6 heteroatoms. The fraction of sp³-hybridized carbons (Fsp3) is 0.125. The van der Waals surface area contributed by atoms with Gasteiger partial charge in [0, 0.05) is 7.05 Å². The first kappa shape index (κ1) is 9.29. The van der Waals surface area contributed by atoms with Crippen molar-refractivity contribution in [3.05, 3.63) is 27.0 Å². The topological polar surface area (TPSA) is 66.8 Å². The van der Waals surface area contributed by atoms with E-state index in [2.05, 4.69) is 15.9 Å². The van der Waals surface area contributed by atoms with Crippen molar-refractivity contribution < 1.29 is 14.0 Å². The lowest BCUT2D eigenvalue weighted by Crippen LogP contribution is -2.12. The highest BCUT2D eigenvalue weighted by atomic mass is 79.9. The Morgan fingerprint density at radius 2 is 2.21 bits per heavy atom. The maximum absolute atomic E-state index is 11.4. The number of nitrogens with zero attached hydrogens (tertiary/aromatic N) is 1. The van der Waals surface area contributed by atoms with Crippen LogP contribution in [-0.2, 0) is 0 Å². The van der Waals surface area contributed by atoms with Gasteiger partial charge >= 0.3 is 0 Å². The van der Waals surface area contributed by atoms with Crippen molar-refractivity contribution in [1.82, 2.24) is 0 Å². The van der Waals surface area contributed by atoms with Crippen LogP contribution in [-0.4, -0.2) is 12.3 Å². The maximum atomic E-state index is 11.4. The van der Waals surface area contributed by atoms with Crippen LogP contribution < -0.4 is 10.5 Å². The molecule has 5 nitrogen and oxygen atoms in total. The summed E-state index contributed by atoms with van der Waals surface area (Å²) < 4.78 is 10.7. The van der Waals surface area contributed by atoms with E-state index in [0.717, 1.165) is 11.1 Å². The molecule has 0 bridgehead atoms. The van der Waals surface area contributed by atoms with Crippen LogP contribution in [0.25, 0.3) is 11.2 Å². The molecule has 0 saturated heterocycles. The summed E-state index contributed by atoms with van der Waals surface area (Å²) in [5.41, 5.74) is 0.0729. The third-order valence-electron chi connectivity index (χ3n) is 1.71. The molecule has 2 aromatic heterocycles. The van der Waals surface area contributed by atoms with Gasteiger partial charge in [0.15, 0.2) is 5.58 Å². The Hall–Kier alpha value is -1.27. The molecule has 0 unspecified atom stereocenters. The van der Waals surface area contributed by atoms with E-state index >= 15 is 0 Å². The molecule has 74 valence electrons. The summed E-state index contributed by atoms with van der Waals surface area (Å²) in [6.45, 7) is 0. The molecule has 0 aliphatic heterocycles. The SMILES string of the molecule is CN(O)c1cc(=O)c2occ(Br)c2o1. The first-order valence-electron chi connectivity index (χ1n) is 3.73. The van der Waals surface area contributed by atoms with Crippen LogP contribution >= 0.6 is 15.9 Å². The molecule has 0 aromatic carbocycles. The second-order valence-electron chi connectivity index (χ2n) is 2.71. The van der Waals surface area contributed by atoms with E-state index in [9.17, 15) is 4.79 Å². The van der Waals surface area contributed by atoms with Crippen LogP contribution in [0.15, 0.2) is 30.4 Å². The Labute approximate surface area is 86.6 Å². The number of hydroxylamine groups is 1. The molecule has 0 fully saturated rings. The lowest BCUT2D eigenvalue weighted by molar-refractivity contribution is 0.258. The van der Waals surface area contributed by atoms with Crippen molar-refractivity contribution in [3.63, 3.8) is 0 Å². The number of hydrogen-bond donors (Lipinski definition) is 1. The molecule has 2 heterocycles. The van der Waals surface area contributed by atoms with E-state index in [1.807, 2.05) is 0 Å². The van der Waals surface area contributed by atoms with Gasteiger partial charge in [0.25, 0.3) is 0 Å². The monoisotopic (exact) mass is 259 g/mol. The van der Waals surface area contributed by atoms with Crippen LogP contribution in [0.3, 0.4) is 0 Å². The Morgan fingerprint density at radius 3 is 2.86 bits per heavy atom. The molecule has 2 rings (SSSR count). The fourth-order valence-corrected chi connectivity index (χ4v) is 1.42. The summed E-state index contributed by atoms with van der Waals surface area (Å²) in [5, 5.41) is 9.81. The van der Waals surface area contributed by atoms with Crippen molar-refractivity contribution in [2.45, 2.75) is 0 Å². The second kappa shape index (κ2) is 3.14. The fourth-order valence-electron chi connectivity index (χ4n) is 1.06. The van der Waals surface area contributed by atoms with Crippen LogP contribution in [0.5, 0.6) is 0 Å². The minimum Gasteiger partial charge on any atom is -0.456 e. The Balaban J connectivity index is 2.82. The molecular weight excluding hydrogens is 254 g/mol. The van der Waals surface area contributed by atoms with Crippen molar-refractivity contribution >= 4 is 33.0 Å². The molecule has 1 N–H and O–H groups in total. The standard InChI is InChI=1S/C8H6BrNO4/c1-10(12)6-2-5(11)8-7(14-6)4(9)3-13-8/h2-3,12H,1H3. The van der Waals surface area contributed by atoms with Crippen LogP contribution in [0.1, 0.15) is 0 Å². The Kier molecular flexibility index (Phi) is 2.09. The zero-order valence-electron chi connectivity index (χ0n) is 7.15. The van der Waals surface area contributed by atoms with Gasteiger partial charge in [0.05, 0.1) is 10.5 Å². The molecule has 0 radical (unpaired) electrons. The summed E-state index contributed by atoms with van der Waals surface area (Å²) >= 11 is 3.16. The Bertz CT molecular complexity index is 528. The van der Waals surface area contributed by atoms with E-state index in [-0.39, 0.29) is 22.5 Å². The van der Waals surface area contributed by atoms with E-state index in [0.29, 0.717) is 4.47 Å². The van der Waals surface area contributed by atoms with Gasteiger partial charge in [-0.1, -0.05) is 0 Å². The van der Waals surface area contributed by atoms with Gasteiger partial charge < -0.3 is 8.83 Å². The molecule has 0 atom stereocenters. The number of rotatable bonds is 1. The number of halogens is 1. The molecular formula is C8H6BrNO4. The normalized spacial score (nSPS) is 10.8. The van der Waals surface area contributed by atoms with E-state index in [1.54, 1.807) is 0 Å². The second-order valence-corrected chi connectivity index (χ2v) is 3.57. The van der Waals surface area contributed by atoms with Crippen LogP contribution in [0.2, 0.25) is 0 Å². The quantitative estimate of drug-likeness (QED) is 0.794. The first-order valence-corrected chi connectivity index (χ1v) is 4.52. The van der Waals surface area contributed by atoms with Gasteiger partial charge in [-0.25, -0.2) is 5.06 Å². The zero-order chi connectivity index (χ0) is 10.3. The van der Waals surface area contributed by atoms with E-state index in [4.69, 9.17) is 14.0 Å². The lowest BCUT2D eigenvalue weighted by atomic mass is 10.4. The summed E-state index contributed by atoms with van der Waals surface area (Å²) in [5.74, 6) is 0.0598. The van der Waals surface area contributed by atoms with Crippen LogP contribution in [0.4, 0.5) is 5.88 Å². The minimum atomic E-state index is -0.340. The number of anilines is 1. The third kappa shape index (κ3) is 1.32. The predicted molar refractivity (Wildman–Crippen MR) is 52.6 cm³/mol. The molecule has 0 aliphatic carbocycles. The predicted octanol–water partition coefficient (Wildman–Crippen LogP) is 1.97. The molecule has 0 saturated carbocycles. The van der Waals surface area contributed by atoms with Gasteiger partial charge in [-0.3, -0.25) is 10.0 Å². The third-order valence-corrected chi connectivity index (χ3v) is 2.25. The molecule has 0 amide bonds. The van der Waals surface area contributed by atoms with Crippen LogP contribution in [0, 0.1) is 0 Å². The van der Waals surface area contributed by atoms with E-state index < -0.39 is 0 Å². The number of fused-ring (bicyclic) bond motifs is 1. The highest BCUT2D eigenvalue weighted by Gasteiger charge is 2.12. The Morgan fingerprint density at radius 1 is 1.50 bits per heavy atom. The summed E-state index contributed by atoms with van der Waals surface area (Å²) in [7, 11) is 1.36. The summed E-state index contributed by atoms with van der Waals surface area (Å²) in [6.07, 6.45) is 1.36. The largest absolute Gasteiger partial charge is 0.456 e. The molecule has 2 aromatic rings. The van der Waals surface area contributed by atoms with Crippen molar-refractivity contribution in [1.29, 1.82) is 0 Å². The number of furan rings is 1. The maximum Gasteiger partial charge on any atom is 0.230 e.